The summed E-state index contributed by atoms with van der Waals surface area (Å²) < 4.78 is 0. The quantitative estimate of drug-likeness (QED) is 0.939. The minimum Gasteiger partial charge on any atom is -0.477 e. The molecule has 0 saturated carbocycles. The Bertz CT molecular complexity index is 682. The fraction of sp³-hybridized carbons (Fsp3) is 0.312. The molecule has 3 rings (SSSR count). The van der Waals surface area contributed by atoms with E-state index < -0.39 is 5.97 Å². The summed E-state index contributed by atoms with van der Waals surface area (Å²) in [7, 11) is 0. The fourth-order valence-electron chi connectivity index (χ4n) is 2.60. The predicted octanol–water partition coefficient (Wildman–Crippen LogP) is 3.02. The minimum atomic E-state index is -0.986. The van der Waals surface area contributed by atoms with E-state index in [1.54, 1.807) is 0 Å². The Hall–Kier alpha value is -2.14. The molecule has 0 unspecified atom stereocenters. The van der Waals surface area contributed by atoms with E-state index in [9.17, 15) is 9.90 Å². The molecule has 1 aromatic carbocycles. The standard InChI is InChI=1S/C16H16ClN3O2/c17-12-5-3-11(4-6-12)9-14-18-10-13(16(21)22)15(19-14)20-7-1-2-8-20/h3-6,10H,1-2,7-9H2,(H,21,22). The van der Waals surface area contributed by atoms with Crippen LogP contribution in [0.2, 0.25) is 5.02 Å². The Balaban J connectivity index is 1.90. The van der Waals surface area contributed by atoms with E-state index >= 15 is 0 Å². The zero-order chi connectivity index (χ0) is 15.5. The van der Waals surface area contributed by atoms with E-state index in [2.05, 4.69) is 9.97 Å². The molecule has 1 aromatic heterocycles. The molecule has 0 radical (unpaired) electrons. The van der Waals surface area contributed by atoms with Crippen LogP contribution in [0.3, 0.4) is 0 Å². The summed E-state index contributed by atoms with van der Waals surface area (Å²) in [6.07, 6.45) is 4.09. The summed E-state index contributed by atoms with van der Waals surface area (Å²) in [6.45, 7) is 1.69. The number of carbonyl (C=O) groups is 1. The number of nitrogens with zero attached hydrogens (tertiary/aromatic N) is 3. The van der Waals surface area contributed by atoms with Crippen LogP contribution in [0.1, 0.15) is 34.6 Å². The van der Waals surface area contributed by atoms with Gasteiger partial charge in [0.15, 0.2) is 0 Å². The van der Waals surface area contributed by atoms with Crippen LogP contribution in [0.5, 0.6) is 0 Å². The third kappa shape index (κ3) is 3.20. The molecular formula is C16H16ClN3O2. The number of hydrogen-bond acceptors (Lipinski definition) is 4. The highest BCUT2D eigenvalue weighted by atomic mass is 35.5. The molecule has 0 aliphatic carbocycles. The van der Waals surface area contributed by atoms with Gasteiger partial charge in [0.25, 0.3) is 0 Å². The lowest BCUT2D eigenvalue weighted by molar-refractivity contribution is 0.0696. The van der Waals surface area contributed by atoms with Gasteiger partial charge < -0.3 is 10.0 Å². The molecule has 22 heavy (non-hydrogen) atoms. The van der Waals surface area contributed by atoms with Crippen molar-refractivity contribution in [3.63, 3.8) is 0 Å². The van der Waals surface area contributed by atoms with Crippen LogP contribution in [-0.2, 0) is 6.42 Å². The third-order valence-electron chi connectivity index (χ3n) is 3.73. The van der Waals surface area contributed by atoms with Gasteiger partial charge in [0.1, 0.15) is 17.2 Å². The number of halogens is 1. The summed E-state index contributed by atoms with van der Waals surface area (Å²) in [6, 6.07) is 7.49. The van der Waals surface area contributed by atoms with Crippen molar-refractivity contribution in [3.8, 4) is 0 Å². The summed E-state index contributed by atoms with van der Waals surface area (Å²) >= 11 is 5.88. The first-order chi connectivity index (χ1) is 10.6. The SMILES string of the molecule is O=C(O)c1cnc(Cc2ccc(Cl)cc2)nc1N1CCCC1. The van der Waals surface area contributed by atoms with Gasteiger partial charge in [0.2, 0.25) is 0 Å². The first kappa shape index (κ1) is 14.8. The van der Waals surface area contributed by atoms with Crippen LogP contribution < -0.4 is 4.90 Å². The van der Waals surface area contributed by atoms with Crippen LogP contribution in [0.25, 0.3) is 0 Å². The Morgan fingerprint density at radius 3 is 2.55 bits per heavy atom. The zero-order valence-electron chi connectivity index (χ0n) is 12.0. The average Bonchev–Trinajstić information content (AvgIpc) is 3.03. The maximum Gasteiger partial charge on any atom is 0.341 e. The number of anilines is 1. The number of benzene rings is 1. The van der Waals surface area contributed by atoms with Gasteiger partial charge in [-0.2, -0.15) is 0 Å². The van der Waals surface area contributed by atoms with Crippen molar-refractivity contribution in [3.05, 3.63) is 52.4 Å². The van der Waals surface area contributed by atoms with Gasteiger partial charge in [-0.25, -0.2) is 14.8 Å². The van der Waals surface area contributed by atoms with Crippen molar-refractivity contribution in [1.29, 1.82) is 0 Å². The molecule has 1 fully saturated rings. The first-order valence-electron chi connectivity index (χ1n) is 7.22. The van der Waals surface area contributed by atoms with Crippen LogP contribution in [0.15, 0.2) is 30.5 Å². The Morgan fingerprint density at radius 2 is 1.91 bits per heavy atom. The Labute approximate surface area is 133 Å². The summed E-state index contributed by atoms with van der Waals surface area (Å²) in [5, 5.41) is 10.00. The first-order valence-corrected chi connectivity index (χ1v) is 7.60. The molecule has 2 aromatic rings. The maximum atomic E-state index is 11.4. The highest BCUT2D eigenvalue weighted by Gasteiger charge is 2.21. The molecule has 2 heterocycles. The van der Waals surface area contributed by atoms with Crippen molar-refractivity contribution >= 4 is 23.4 Å². The molecule has 1 aliphatic heterocycles. The van der Waals surface area contributed by atoms with Crippen LogP contribution >= 0.6 is 11.6 Å². The highest BCUT2D eigenvalue weighted by Crippen LogP contribution is 2.23. The third-order valence-corrected chi connectivity index (χ3v) is 3.98. The number of carboxylic acids is 1. The fourth-order valence-corrected chi connectivity index (χ4v) is 2.72. The van der Waals surface area contributed by atoms with E-state index in [1.807, 2.05) is 29.2 Å². The number of rotatable bonds is 4. The summed E-state index contributed by atoms with van der Waals surface area (Å²) in [5.74, 6) is 0.165. The van der Waals surface area contributed by atoms with Crippen molar-refractivity contribution in [2.24, 2.45) is 0 Å². The lowest BCUT2D eigenvalue weighted by atomic mass is 10.1. The van der Waals surface area contributed by atoms with E-state index in [4.69, 9.17) is 11.6 Å². The van der Waals surface area contributed by atoms with Gasteiger partial charge in [-0.15, -0.1) is 0 Å². The second kappa shape index (κ2) is 6.32. The molecule has 0 spiro atoms. The van der Waals surface area contributed by atoms with Gasteiger partial charge in [-0.3, -0.25) is 0 Å². The smallest absolute Gasteiger partial charge is 0.341 e. The second-order valence-electron chi connectivity index (χ2n) is 5.33. The Morgan fingerprint density at radius 1 is 1.23 bits per heavy atom. The summed E-state index contributed by atoms with van der Waals surface area (Å²) in [5.41, 5.74) is 1.21. The van der Waals surface area contributed by atoms with Crippen molar-refractivity contribution in [2.75, 3.05) is 18.0 Å². The normalized spacial score (nSPS) is 14.3. The van der Waals surface area contributed by atoms with Gasteiger partial charge in [-0.05, 0) is 30.5 Å². The second-order valence-corrected chi connectivity index (χ2v) is 5.76. The monoisotopic (exact) mass is 317 g/mol. The summed E-state index contributed by atoms with van der Waals surface area (Å²) in [4.78, 5) is 22.1. The largest absolute Gasteiger partial charge is 0.477 e. The molecule has 1 N–H and O–H groups in total. The van der Waals surface area contributed by atoms with E-state index in [0.717, 1.165) is 31.5 Å². The number of aromatic nitrogens is 2. The molecule has 0 atom stereocenters. The van der Waals surface area contributed by atoms with Crippen molar-refractivity contribution in [2.45, 2.75) is 19.3 Å². The van der Waals surface area contributed by atoms with Gasteiger partial charge >= 0.3 is 5.97 Å². The molecule has 114 valence electrons. The lowest BCUT2D eigenvalue weighted by Gasteiger charge is -2.18. The molecular weight excluding hydrogens is 302 g/mol. The van der Waals surface area contributed by atoms with Gasteiger partial charge in [-0.1, -0.05) is 23.7 Å². The zero-order valence-corrected chi connectivity index (χ0v) is 12.8. The molecule has 6 heteroatoms. The van der Waals surface area contributed by atoms with Crippen LogP contribution in [0.4, 0.5) is 5.82 Å². The molecule has 5 nitrogen and oxygen atoms in total. The van der Waals surface area contributed by atoms with E-state index in [0.29, 0.717) is 23.1 Å². The van der Waals surface area contributed by atoms with Crippen molar-refractivity contribution in [1.82, 2.24) is 9.97 Å². The highest BCUT2D eigenvalue weighted by molar-refractivity contribution is 6.30. The van der Waals surface area contributed by atoms with Crippen LogP contribution in [-0.4, -0.2) is 34.1 Å². The van der Waals surface area contributed by atoms with Crippen molar-refractivity contribution < 1.29 is 9.90 Å². The molecule has 1 aliphatic rings. The van der Waals surface area contributed by atoms with E-state index in [1.165, 1.54) is 6.20 Å². The number of carboxylic acid groups (broad SMARTS) is 1. The average molecular weight is 318 g/mol. The van der Waals surface area contributed by atoms with Crippen LogP contribution in [0, 0.1) is 0 Å². The van der Waals surface area contributed by atoms with Gasteiger partial charge in [0.05, 0.1) is 0 Å². The number of hydrogen-bond donors (Lipinski definition) is 1. The maximum absolute atomic E-state index is 11.4. The lowest BCUT2D eigenvalue weighted by Crippen LogP contribution is -2.23. The predicted molar refractivity (Wildman–Crippen MR) is 84.7 cm³/mol. The topological polar surface area (TPSA) is 66.3 Å². The molecule has 0 amide bonds. The minimum absolute atomic E-state index is 0.168. The van der Waals surface area contributed by atoms with Gasteiger partial charge in [0, 0.05) is 30.7 Å². The number of aromatic carboxylic acids is 1. The molecule has 0 bridgehead atoms. The molecule has 1 saturated heterocycles. The van der Waals surface area contributed by atoms with E-state index in [-0.39, 0.29) is 5.56 Å². The Kier molecular flexibility index (Phi) is 4.24.